The largest absolute Gasteiger partial charge is 0.436 e. The molecule has 230 valence electrons. The van der Waals surface area contributed by atoms with E-state index in [9.17, 15) is 13.2 Å². The molecule has 0 N–H and O–H groups in total. The fraction of sp³-hybridized carbons (Fsp3) is 1.00. The second kappa shape index (κ2) is 15.5. The van der Waals surface area contributed by atoms with Crippen LogP contribution in [-0.4, -0.2) is 57.8 Å². The van der Waals surface area contributed by atoms with Gasteiger partial charge in [0, 0.05) is 32.8 Å². The van der Waals surface area contributed by atoms with Gasteiger partial charge in [0.15, 0.2) is 16.6 Å². The van der Waals surface area contributed by atoms with Crippen molar-refractivity contribution in [2.24, 2.45) is 22.7 Å². The summed E-state index contributed by atoms with van der Waals surface area (Å²) < 4.78 is 64.8. The van der Waals surface area contributed by atoms with Gasteiger partial charge in [-0.3, -0.25) is 0 Å². The second-order valence-electron chi connectivity index (χ2n) is 14.9. The molecule has 0 rings (SSSR count). The molecule has 38 heavy (non-hydrogen) atoms. The van der Waals surface area contributed by atoms with E-state index in [0.29, 0.717) is 38.3 Å². The number of rotatable bonds is 18. The number of hydrogen-bond donors (Lipinski definition) is 0. The van der Waals surface area contributed by atoms with Gasteiger partial charge in [-0.15, -0.1) is 0 Å². The Labute approximate surface area is 236 Å². The number of hydrogen-bond acceptors (Lipinski definition) is 4. The summed E-state index contributed by atoms with van der Waals surface area (Å²) in [5, 5.41) is 0. The molecule has 4 nitrogen and oxygen atoms in total. The zero-order valence-corrected chi connectivity index (χ0v) is 30.0. The normalized spacial score (nSPS) is 17.4. The van der Waals surface area contributed by atoms with Gasteiger partial charge in [-0.05, 0) is 86.4 Å². The molecule has 0 aliphatic carbocycles. The number of alkyl halides is 3. The molecule has 10 heteroatoms. The molecule has 0 amide bonds. The fourth-order valence-electron chi connectivity index (χ4n) is 3.98. The average Bonchev–Trinajstić information content (AvgIpc) is 2.68. The minimum Gasteiger partial charge on any atom is -0.436 e. The third kappa shape index (κ3) is 18.6. The summed E-state index contributed by atoms with van der Waals surface area (Å²) in [6, 6.07) is 1.63. The van der Waals surface area contributed by atoms with Crippen molar-refractivity contribution in [3.05, 3.63) is 0 Å². The number of halogens is 3. The van der Waals surface area contributed by atoms with Crippen molar-refractivity contribution in [1.29, 1.82) is 0 Å². The lowest BCUT2D eigenvalue weighted by Crippen LogP contribution is -2.54. The molecule has 0 radical (unpaired) electrons. The molecule has 2 atom stereocenters. The van der Waals surface area contributed by atoms with Crippen LogP contribution in [0.3, 0.4) is 0 Å². The van der Waals surface area contributed by atoms with Crippen LogP contribution in [0.15, 0.2) is 0 Å². The van der Waals surface area contributed by atoms with Crippen LogP contribution in [0.1, 0.15) is 74.7 Å². The van der Waals surface area contributed by atoms with Gasteiger partial charge >= 0.3 is 14.7 Å². The van der Waals surface area contributed by atoms with Crippen molar-refractivity contribution < 1.29 is 30.9 Å². The van der Waals surface area contributed by atoms with Gasteiger partial charge in [0.05, 0.1) is 0 Å². The molecule has 0 fully saturated rings. The first kappa shape index (κ1) is 38.3. The molecule has 0 saturated carbocycles. The van der Waals surface area contributed by atoms with Crippen LogP contribution in [0.25, 0.3) is 0 Å². The first-order valence-electron chi connectivity index (χ1n) is 14.5. The van der Waals surface area contributed by atoms with E-state index in [-0.39, 0.29) is 16.9 Å². The standard InChI is InChI=1S/C28H61F3O4Si3/c1-24(26(3,4)5)22-32-17-14-19-36(9,10)34-38(13,21-16-28(29,30)31)35-37(11,12)20-15-18-33-23-25(2)27(6,7)8/h24-25H,14-23H2,1-13H3. The Balaban J connectivity index is 4.98. The van der Waals surface area contributed by atoms with Gasteiger partial charge < -0.3 is 17.7 Å². The van der Waals surface area contributed by atoms with Crippen molar-refractivity contribution in [1.82, 2.24) is 0 Å². The van der Waals surface area contributed by atoms with Gasteiger partial charge in [0.2, 0.25) is 0 Å². The predicted molar refractivity (Wildman–Crippen MR) is 162 cm³/mol. The van der Waals surface area contributed by atoms with E-state index in [1.54, 1.807) is 0 Å². The van der Waals surface area contributed by atoms with E-state index in [1.165, 1.54) is 0 Å². The van der Waals surface area contributed by atoms with E-state index in [2.05, 4.69) is 81.6 Å². The van der Waals surface area contributed by atoms with Crippen molar-refractivity contribution in [3.8, 4) is 0 Å². The summed E-state index contributed by atoms with van der Waals surface area (Å²) in [5.41, 5.74) is 0.405. The molecule has 0 saturated heterocycles. The quantitative estimate of drug-likeness (QED) is 0.116. The molecule has 0 aromatic carbocycles. The third-order valence-electron chi connectivity index (χ3n) is 7.67. The Hall–Kier alpha value is 0.281. The Bertz CT molecular complexity index is 615. The molecule has 0 aromatic heterocycles. The lowest BCUT2D eigenvalue weighted by Gasteiger charge is -2.41. The summed E-state index contributed by atoms with van der Waals surface area (Å²) in [4.78, 5) is 0. The second-order valence-corrected chi connectivity index (χ2v) is 27.3. The molecule has 0 aromatic rings. The van der Waals surface area contributed by atoms with Gasteiger partial charge in [-0.1, -0.05) is 55.4 Å². The highest BCUT2D eigenvalue weighted by molar-refractivity contribution is 6.88. The maximum Gasteiger partial charge on any atom is 0.389 e. The molecule has 0 spiro atoms. The molecule has 0 bridgehead atoms. The van der Waals surface area contributed by atoms with Crippen molar-refractivity contribution in [3.63, 3.8) is 0 Å². The molecule has 0 aliphatic heterocycles. The Morgan fingerprint density at radius 2 is 0.947 bits per heavy atom. The summed E-state index contributed by atoms with van der Waals surface area (Å²) in [6.45, 7) is 30.6. The Morgan fingerprint density at radius 3 is 1.24 bits per heavy atom. The SMILES string of the molecule is CC(COCCC[Si](C)(C)O[Si](C)(CCC(F)(F)F)O[Si](C)(C)CCCOCC(C)C(C)(C)C)C(C)(C)C. The first-order valence-corrected chi connectivity index (χ1v) is 23.3. The molecule has 2 unspecified atom stereocenters. The van der Waals surface area contributed by atoms with Crippen LogP contribution in [0.4, 0.5) is 13.2 Å². The third-order valence-corrected chi connectivity index (χ3v) is 19.8. The lowest BCUT2D eigenvalue weighted by atomic mass is 9.83. The highest BCUT2D eigenvalue weighted by Crippen LogP contribution is 2.34. The smallest absolute Gasteiger partial charge is 0.389 e. The van der Waals surface area contributed by atoms with Crippen LogP contribution in [0.5, 0.6) is 0 Å². The van der Waals surface area contributed by atoms with Crippen molar-refractivity contribution >= 4 is 25.2 Å². The summed E-state index contributed by atoms with van der Waals surface area (Å²) in [5.74, 6) is 0.907. The van der Waals surface area contributed by atoms with Gasteiger partial charge in [0.1, 0.15) is 0 Å². The van der Waals surface area contributed by atoms with Crippen molar-refractivity contribution in [2.45, 2.75) is 132 Å². The highest BCUT2D eigenvalue weighted by atomic mass is 28.5. The maximum atomic E-state index is 13.2. The zero-order valence-electron chi connectivity index (χ0n) is 27.0. The first-order chi connectivity index (χ1) is 16.9. The Kier molecular flexibility index (Phi) is 15.6. The summed E-state index contributed by atoms with van der Waals surface area (Å²) in [7, 11) is -7.50. The highest BCUT2D eigenvalue weighted by Gasteiger charge is 2.45. The molecule has 0 heterocycles. The van der Waals surface area contributed by atoms with Crippen LogP contribution < -0.4 is 0 Å². The number of ether oxygens (including phenoxy) is 2. The monoisotopic (exact) mass is 602 g/mol. The minimum absolute atomic E-state index is 0.0530. The van der Waals surface area contributed by atoms with Crippen LogP contribution in [0.2, 0.25) is 50.9 Å². The zero-order chi connectivity index (χ0) is 30.1. The molecule has 0 aliphatic rings. The summed E-state index contributed by atoms with van der Waals surface area (Å²) in [6.07, 6.45) is -3.37. The lowest BCUT2D eigenvalue weighted by molar-refractivity contribution is -0.131. The van der Waals surface area contributed by atoms with Gasteiger partial charge in [-0.2, -0.15) is 13.2 Å². The van der Waals surface area contributed by atoms with Gasteiger partial charge in [-0.25, -0.2) is 0 Å². The molecular weight excluding hydrogens is 542 g/mol. The topological polar surface area (TPSA) is 36.9 Å². The van der Waals surface area contributed by atoms with E-state index in [1.807, 2.05) is 6.55 Å². The van der Waals surface area contributed by atoms with Crippen LogP contribution >= 0.6 is 0 Å². The fourth-order valence-corrected chi connectivity index (χ4v) is 18.2. The maximum absolute atomic E-state index is 13.2. The molecular formula is C28H61F3O4Si3. The van der Waals surface area contributed by atoms with Crippen LogP contribution in [0, 0.1) is 22.7 Å². The minimum atomic E-state index is -4.21. The van der Waals surface area contributed by atoms with Crippen molar-refractivity contribution in [2.75, 3.05) is 26.4 Å². The van der Waals surface area contributed by atoms with E-state index >= 15 is 0 Å². The van der Waals surface area contributed by atoms with Crippen LogP contribution in [-0.2, 0) is 17.7 Å². The van der Waals surface area contributed by atoms with E-state index < -0.39 is 37.8 Å². The Morgan fingerprint density at radius 1 is 0.605 bits per heavy atom. The van der Waals surface area contributed by atoms with E-state index in [0.717, 1.165) is 24.9 Å². The predicted octanol–water partition coefficient (Wildman–Crippen LogP) is 9.63. The van der Waals surface area contributed by atoms with Gasteiger partial charge in [0.25, 0.3) is 0 Å². The summed E-state index contributed by atoms with van der Waals surface area (Å²) >= 11 is 0. The van der Waals surface area contributed by atoms with E-state index in [4.69, 9.17) is 17.7 Å². The average molecular weight is 603 g/mol.